The van der Waals surface area contributed by atoms with Crippen molar-refractivity contribution in [1.29, 1.82) is 0 Å². The van der Waals surface area contributed by atoms with Gasteiger partial charge in [-0.3, -0.25) is 9.69 Å². The molecule has 2 aromatic rings. The van der Waals surface area contributed by atoms with E-state index in [1.165, 1.54) is 4.90 Å². The minimum Gasteiger partial charge on any atom is -0.543 e. The Morgan fingerprint density at radius 2 is 2.38 bits per heavy atom. The zero-order valence-electron chi connectivity index (χ0n) is 10.9. The van der Waals surface area contributed by atoms with E-state index >= 15 is 0 Å². The van der Waals surface area contributed by atoms with Crippen molar-refractivity contribution in [3.8, 4) is 0 Å². The third-order valence-electron chi connectivity index (χ3n) is 3.71. The van der Waals surface area contributed by atoms with E-state index in [1.807, 2.05) is 33.1 Å². The van der Waals surface area contributed by atoms with Gasteiger partial charge in [-0.2, -0.15) is 4.40 Å². The van der Waals surface area contributed by atoms with Crippen molar-refractivity contribution in [2.45, 2.75) is 18.3 Å². The number of thiazole rings is 1. The average molecular weight is 321 g/mol. The predicted octanol–water partition coefficient (Wildman–Crippen LogP) is -0.403. The molecule has 4 heterocycles. The number of imidazole rings is 1. The number of aromatic nitrogens is 2. The number of amides is 1. The molecule has 0 unspecified atom stereocenters. The van der Waals surface area contributed by atoms with E-state index in [1.54, 1.807) is 23.1 Å². The fourth-order valence-corrected chi connectivity index (χ4v) is 4.73. The van der Waals surface area contributed by atoms with Crippen molar-refractivity contribution in [2.24, 2.45) is 0 Å². The molecular formula is C13H11N3O3S2. The molecule has 1 saturated heterocycles. The van der Waals surface area contributed by atoms with E-state index in [0.29, 0.717) is 18.7 Å². The number of thioether (sulfide) groups is 1. The molecule has 4 rings (SSSR count). The van der Waals surface area contributed by atoms with Crippen LogP contribution in [0.5, 0.6) is 0 Å². The Morgan fingerprint density at radius 3 is 3.10 bits per heavy atom. The van der Waals surface area contributed by atoms with Gasteiger partial charge in [-0.25, -0.2) is 4.57 Å². The quantitative estimate of drug-likeness (QED) is 0.570. The first-order valence-corrected chi connectivity index (χ1v) is 8.37. The van der Waals surface area contributed by atoms with Crippen LogP contribution in [0.25, 0.3) is 4.83 Å². The van der Waals surface area contributed by atoms with E-state index < -0.39 is 5.97 Å². The minimum absolute atomic E-state index is 0.0309. The van der Waals surface area contributed by atoms with Gasteiger partial charge in [0.1, 0.15) is 18.9 Å². The third-order valence-corrected chi connectivity index (χ3v) is 5.81. The Kier molecular flexibility index (Phi) is 2.83. The first-order chi connectivity index (χ1) is 10.1. The number of β-lactam (4-membered cyclic amide) rings is 1. The highest BCUT2D eigenvalue weighted by atomic mass is 32.2. The summed E-state index contributed by atoms with van der Waals surface area (Å²) in [5, 5.41) is 13.4. The van der Waals surface area contributed by atoms with Gasteiger partial charge in [-0.1, -0.05) is 11.3 Å². The molecule has 0 aromatic carbocycles. The van der Waals surface area contributed by atoms with E-state index in [-0.39, 0.29) is 17.0 Å². The molecule has 0 N–H and O–H groups in total. The zero-order valence-corrected chi connectivity index (χ0v) is 12.5. The van der Waals surface area contributed by atoms with Crippen molar-refractivity contribution in [3.05, 3.63) is 35.4 Å². The van der Waals surface area contributed by atoms with Gasteiger partial charge >= 0.3 is 0 Å². The molecule has 8 heteroatoms. The molecule has 6 nitrogen and oxygen atoms in total. The number of hydrogen-bond donors (Lipinski definition) is 0. The monoisotopic (exact) mass is 321 g/mol. The summed E-state index contributed by atoms with van der Waals surface area (Å²) < 4.78 is 3.92. The second-order valence-corrected chi connectivity index (χ2v) is 7.13. The number of carboxylic acids is 1. The maximum Gasteiger partial charge on any atom is 0.249 e. The van der Waals surface area contributed by atoms with Crippen LogP contribution in [0.4, 0.5) is 0 Å². The van der Waals surface area contributed by atoms with Crippen molar-refractivity contribution in [1.82, 2.24) is 9.30 Å². The number of carbonyl (C=O) groups excluding carboxylic acids is 2. The molecule has 2 aromatic heterocycles. The lowest BCUT2D eigenvalue weighted by Gasteiger charge is -2.45. The average Bonchev–Trinajstić information content (AvgIpc) is 2.99. The van der Waals surface area contributed by atoms with Gasteiger partial charge in [0, 0.05) is 16.7 Å². The Bertz CT molecular complexity index is 763. The number of fused-ring (bicyclic) bond motifs is 2. The van der Waals surface area contributed by atoms with E-state index in [4.69, 9.17) is 0 Å². The van der Waals surface area contributed by atoms with Crippen molar-refractivity contribution in [3.63, 3.8) is 0 Å². The second-order valence-electron chi connectivity index (χ2n) is 5.04. The van der Waals surface area contributed by atoms with E-state index in [2.05, 4.69) is 0 Å². The Hall–Kier alpha value is -1.80. The van der Waals surface area contributed by atoms with Gasteiger partial charge in [-0.15, -0.1) is 11.8 Å². The first-order valence-electron chi connectivity index (χ1n) is 6.45. The number of carbonyl (C=O) groups is 2. The summed E-state index contributed by atoms with van der Waals surface area (Å²) in [4.78, 5) is 25.5. The highest BCUT2D eigenvalue weighted by Crippen LogP contribution is 2.39. The van der Waals surface area contributed by atoms with Crippen molar-refractivity contribution in [2.75, 3.05) is 5.75 Å². The van der Waals surface area contributed by atoms with Crippen LogP contribution in [-0.2, 0) is 16.1 Å². The number of nitrogens with zero attached hydrogens (tertiary/aromatic N) is 3. The van der Waals surface area contributed by atoms with Crippen LogP contribution in [-0.4, -0.2) is 32.3 Å². The van der Waals surface area contributed by atoms with Crippen LogP contribution in [0.15, 0.2) is 35.4 Å². The third kappa shape index (κ3) is 1.97. The maximum atomic E-state index is 11.7. The Labute approximate surface area is 128 Å². The van der Waals surface area contributed by atoms with Crippen LogP contribution in [0.2, 0.25) is 0 Å². The molecule has 0 aliphatic carbocycles. The highest BCUT2D eigenvalue weighted by Gasteiger charge is 2.43. The van der Waals surface area contributed by atoms with E-state index in [9.17, 15) is 14.7 Å². The van der Waals surface area contributed by atoms with Crippen LogP contribution >= 0.6 is 23.1 Å². The maximum absolute atomic E-state index is 11.7. The van der Waals surface area contributed by atoms with Gasteiger partial charge in [0.05, 0.1) is 23.5 Å². The summed E-state index contributed by atoms with van der Waals surface area (Å²) in [6, 6.07) is 0. The van der Waals surface area contributed by atoms with Gasteiger partial charge < -0.3 is 9.90 Å². The molecule has 0 spiro atoms. The SMILES string of the molecule is O=C([O-])C1=C(C[n+]2cc3sccn3c2)CS[C@@H]2CC(=O)N12. The Balaban J connectivity index is 1.70. The molecule has 21 heavy (non-hydrogen) atoms. The lowest BCUT2D eigenvalue weighted by molar-refractivity contribution is -0.687. The van der Waals surface area contributed by atoms with Gasteiger partial charge in [-0.05, 0) is 0 Å². The summed E-state index contributed by atoms with van der Waals surface area (Å²) in [5.74, 6) is -0.773. The minimum atomic E-state index is -1.26. The molecule has 2 aliphatic heterocycles. The zero-order chi connectivity index (χ0) is 14.6. The summed E-state index contributed by atoms with van der Waals surface area (Å²) in [5.41, 5.74) is 0.796. The Morgan fingerprint density at radius 1 is 1.52 bits per heavy atom. The molecule has 2 aliphatic rings. The van der Waals surface area contributed by atoms with Gasteiger partial charge in [0.15, 0.2) is 0 Å². The van der Waals surface area contributed by atoms with Crippen LogP contribution in [0.3, 0.4) is 0 Å². The van der Waals surface area contributed by atoms with Crippen LogP contribution in [0.1, 0.15) is 6.42 Å². The summed E-state index contributed by atoms with van der Waals surface area (Å²) >= 11 is 3.23. The van der Waals surface area contributed by atoms with Crippen molar-refractivity contribution < 1.29 is 19.3 Å². The standard InChI is InChI=1S/C13H11N3O3S2/c17-9-3-10-16(9)12(13(18)19)8(6-21-10)4-14-5-11-15(7-14)1-2-20-11/h1-2,5,7,10H,3-4,6H2/t10-/m1/s1. The molecule has 0 bridgehead atoms. The highest BCUT2D eigenvalue weighted by molar-refractivity contribution is 8.00. The van der Waals surface area contributed by atoms with E-state index in [0.717, 1.165) is 10.4 Å². The molecule has 1 amide bonds. The second kappa shape index (κ2) is 4.60. The van der Waals surface area contributed by atoms with Crippen LogP contribution in [0, 0.1) is 0 Å². The van der Waals surface area contributed by atoms with Gasteiger partial charge in [0.2, 0.25) is 17.1 Å². The molecule has 108 valence electrons. The molecule has 1 fully saturated rings. The van der Waals surface area contributed by atoms with Crippen molar-refractivity contribution >= 4 is 39.8 Å². The number of rotatable bonds is 3. The number of hydrogen-bond acceptors (Lipinski definition) is 5. The number of aliphatic carboxylic acids is 1. The lowest BCUT2D eigenvalue weighted by atomic mass is 10.1. The topological polar surface area (TPSA) is 68.7 Å². The predicted molar refractivity (Wildman–Crippen MR) is 75.2 cm³/mol. The number of carboxylic acid groups (broad SMARTS) is 1. The normalized spacial score (nSPS) is 21.6. The molecular weight excluding hydrogens is 310 g/mol. The lowest BCUT2D eigenvalue weighted by Crippen LogP contribution is -2.56. The smallest absolute Gasteiger partial charge is 0.249 e. The largest absolute Gasteiger partial charge is 0.543 e. The summed E-state index contributed by atoms with van der Waals surface area (Å²) in [6.45, 7) is 0.460. The summed E-state index contributed by atoms with van der Waals surface area (Å²) in [6.07, 6.45) is 6.26. The summed E-state index contributed by atoms with van der Waals surface area (Å²) in [7, 11) is 0. The molecule has 0 saturated carbocycles. The molecule has 0 radical (unpaired) electrons. The fourth-order valence-electron chi connectivity index (χ4n) is 2.72. The molecule has 1 atom stereocenters. The van der Waals surface area contributed by atoms with Crippen LogP contribution < -0.4 is 9.67 Å². The fraction of sp³-hybridized carbons (Fsp3) is 0.308. The first kappa shape index (κ1) is 12.9. The van der Waals surface area contributed by atoms with Gasteiger partial charge in [0.25, 0.3) is 0 Å².